The number of amides is 2. The lowest BCUT2D eigenvalue weighted by Crippen LogP contribution is -2.49. The number of carbonyl (C=O) groups excluding carboxylic acids is 1. The minimum Gasteiger partial charge on any atom is -0.492 e. The zero-order valence-electron chi connectivity index (χ0n) is 12.2. The summed E-state index contributed by atoms with van der Waals surface area (Å²) in [5.74, 6) is 0.308. The van der Waals surface area contributed by atoms with E-state index in [1.54, 1.807) is 6.07 Å². The molecule has 2 amide bonds. The normalized spacial score (nSPS) is 21.3. The van der Waals surface area contributed by atoms with Gasteiger partial charge in [-0.05, 0) is 6.07 Å². The number of carbonyl (C=O) groups is 2. The summed E-state index contributed by atoms with van der Waals surface area (Å²) in [6.07, 6.45) is -0.861. The Labute approximate surface area is 128 Å². The highest BCUT2D eigenvalue weighted by Gasteiger charge is 2.30. The molecule has 1 unspecified atom stereocenters. The molecule has 3 rings (SSSR count). The molecule has 1 fully saturated rings. The van der Waals surface area contributed by atoms with Crippen LogP contribution in [0.4, 0.5) is 4.79 Å². The third-order valence-corrected chi connectivity index (χ3v) is 4.30. The quantitative estimate of drug-likeness (QED) is 0.850. The summed E-state index contributed by atoms with van der Waals surface area (Å²) in [6.45, 7) is 3.80. The van der Waals surface area contributed by atoms with Gasteiger partial charge in [-0.2, -0.15) is 0 Å². The number of carboxylic acid groups (broad SMARTS) is 1. The molecule has 0 bridgehead atoms. The van der Waals surface area contributed by atoms with Crippen LogP contribution in [0.25, 0.3) is 0 Å². The highest BCUT2D eigenvalue weighted by Crippen LogP contribution is 2.37. The largest absolute Gasteiger partial charge is 0.492 e. The average molecular weight is 305 g/mol. The van der Waals surface area contributed by atoms with Gasteiger partial charge in [0.1, 0.15) is 5.75 Å². The number of fused-ring (bicyclic) bond motifs is 1. The lowest BCUT2D eigenvalue weighted by atomic mass is 9.98. The Morgan fingerprint density at radius 3 is 2.64 bits per heavy atom. The van der Waals surface area contributed by atoms with Crippen LogP contribution < -0.4 is 10.5 Å². The number of rotatable bonds is 3. The van der Waals surface area contributed by atoms with Gasteiger partial charge in [0.05, 0.1) is 12.2 Å². The molecular weight excluding hydrogens is 286 g/mol. The van der Waals surface area contributed by atoms with E-state index in [1.165, 1.54) is 4.90 Å². The van der Waals surface area contributed by atoms with Crippen molar-refractivity contribution in [2.45, 2.75) is 5.92 Å². The Morgan fingerprint density at radius 2 is 2.00 bits per heavy atom. The number of ether oxygens (including phenoxy) is 1. The van der Waals surface area contributed by atoms with E-state index in [1.807, 2.05) is 12.1 Å². The van der Waals surface area contributed by atoms with E-state index >= 15 is 0 Å². The Balaban J connectivity index is 1.66. The average Bonchev–Trinajstić information content (AvgIpc) is 2.91. The molecule has 1 atom stereocenters. The summed E-state index contributed by atoms with van der Waals surface area (Å²) in [5, 5.41) is 8.97. The lowest BCUT2D eigenvalue weighted by molar-refractivity contribution is 0.0989. The number of benzene rings is 1. The predicted octanol–water partition coefficient (Wildman–Crippen LogP) is 0.557. The van der Waals surface area contributed by atoms with Crippen molar-refractivity contribution in [3.8, 4) is 5.75 Å². The standard InChI is InChI=1S/C15H19N3O4/c16-14(19)12-3-1-2-11-10(9-22-13(11)12)8-17-4-6-18(7-5-17)15(20)21/h1-3,10H,4-9H2,(H2,16,19)(H,20,21). The first-order valence-electron chi connectivity index (χ1n) is 7.32. The van der Waals surface area contributed by atoms with Crippen molar-refractivity contribution < 1.29 is 19.4 Å². The van der Waals surface area contributed by atoms with Crippen LogP contribution in [0.1, 0.15) is 21.8 Å². The number of nitrogens with zero attached hydrogens (tertiary/aromatic N) is 2. The second kappa shape index (κ2) is 5.84. The molecule has 0 spiro atoms. The molecule has 0 aliphatic carbocycles. The Kier molecular flexibility index (Phi) is 3.89. The molecule has 0 aromatic heterocycles. The van der Waals surface area contributed by atoms with E-state index in [2.05, 4.69) is 4.90 Å². The molecule has 1 saturated heterocycles. The first kappa shape index (κ1) is 14.6. The molecule has 2 aliphatic rings. The van der Waals surface area contributed by atoms with Gasteiger partial charge in [0.25, 0.3) is 5.91 Å². The molecule has 2 heterocycles. The van der Waals surface area contributed by atoms with Crippen LogP contribution in [0.15, 0.2) is 18.2 Å². The Hall–Kier alpha value is -2.28. The number of para-hydroxylation sites is 1. The van der Waals surface area contributed by atoms with Crippen LogP contribution in [0.3, 0.4) is 0 Å². The predicted molar refractivity (Wildman–Crippen MR) is 79.2 cm³/mol. The van der Waals surface area contributed by atoms with Crippen molar-refractivity contribution in [1.29, 1.82) is 0 Å². The number of primary amides is 1. The summed E-state index contributed by atoms with van der Waals surface area (Å²) < 4.78 is 5.67. The third-order valence-electron chi connectivity index (χ3n) is 4.30. The summed E-state index contributed by atoms with van der Waals surface area (Å²) in [6, 6.07) is 5.46. The lowest BCUT2D eigenvalue weighted by Gasteiger charge is -2.34. The summed E-state index contributed by atoms with van der Waals surface area (Å²) >= 11 is 0. The molecule has 22 heavy (non-hydrogen) atoms. The highest BCUT2D eigenvalue weighted by atomic mass is 16.5. The van der Waals surface area contributed by atoms with Crippen LogP contribution >= 0.6 is 0 Å². The fraction of sp³-hybridized carbons (Fsp3) is 0.467. The summed E-state index contributed by atoms with van der Waals surface area (Å²) in [7, 11) is 0. The molecule has 0 saturated carbocycles. The molecule has 0 radical (unpaired) electrons. The molecule has 7 nitrogen and oxygen atoms in total. The Morgan fingerprint density at radius 1 is 1.27 bits per heavy atom. The second-order valence-corrected chi connectivity index (χ2v) is 5.67. The van der Waals surface area contributed by atoms with Gasteiger partial charge in [-0.25, -0.2) is 4.79 Å². The van der Waals surface area contributed by atoms with Crippen LogP contribution in [0, 0.1) is 0 Å². The van der Waals surface area contributed by atoms with Crippen LogP contribution in [0.2, 0.25) is 0 Å². The van der Waals surface area contributed by atoms with E-state index in [4.69, 9.17) is 15.6 Å². The first-order chi connectivity index (χ1) is 10.6. The van der Waals surface area contributed by atoms with E-state index < -0.39 is 12.0 Å². The summed E-state index contributed by atoms with van der Waals surface area (Å²) in [5.41, 5.74) is 6.81. The molecular formula is C15H19N3O4. The third kappa shape index (κ3) is 2.71. The zero-order chi connectivity index (χ0) is 15.7. The second-order valence-electron chi connectivity index (χ2n) is 5.67. The maximum absolute atomic E-state index is 11.4. The molecule has 2 aliphatic heterocycles. The molecule has 1 aromatic rings. The van der Waals surface area contributed by atoms with Gasteiger partial charge in [-0.3, -0.25) is 9.69 Å². The molecule has 118 valence electrons. The van der Waals surface area contributed by atoms with Crippen LogP contribution in [-0.4, -0.2) is 66.2 Å². The Bertz CT molecular complexity index is 596. The van der Waals surface area contributed by atoms with Crippen molar-refractivity contribution in [1.82, 2.24) is 9.80 Å². The first-order valence-corrected chi connectivity index (χ1v) is 7.32. The van der Waals surface area contributed by atoms with Crippen molar-refractivity contribution in [2.75, 3.05) is 39.3 Å². The van der Waals surface area contributed by atoms with Gasteiger partial charge in [-0.1, -0.05) is 12.1 Å². The van der Waals surface area contributed by atoms with Crippen molar-refractivity contribution in [3.63, 3.8) is 0 Å². The van der Waals surface area contributed by atoms with E-state index in [-0.39, 0.29) is 5.92 Å². The van der Waals surface area contributed by atoms with Gasteiger partial charge in [-0.15, -0.1) is 0 Å². The zero-order valence-corrected chi connectivity index (χ0v) is 12.2. The summed E-state index contributed by atoms with van der Waals surface area (Å²) in [4.78, 5) is 26.0. The van der Waals surface area contributed by atoms with E-state index in [0.717, 1.165) is 12.1 Å². The molecule has 3 N–H and O–H groups in total. The number of hydrogen-bond donors (Lipinski definition) is 2. The van der Waals surface area contributed by atoms with Crippen LogP contribution in [-0.2, 0) is 0 Å². The van der Waals surface area contributed by atoms with Gasteiger partial charge in [0, 0.05) is 44.2 Å². The van der Waals surface area contributed by atoms with Crippen LogP contribution in [0.5, 0.6) is 5.75 Å². The topological polar surface area (TPSA) is 96.1 Å². The van der Waals surface area contributed by atoms with Crippen molar-refractivity contribution in [3.05, 3.63) is 29.3 Å². The molecule has 7 heteroatoms. The van der Waals surface area contributed by atoms with Gasteiger partial charge >= 0.3 is 6.09 Å². The fourth-order valence-corrected chi connectivity index (χ4v) is 3.09. The maximum atomic E-state index is 11.4. The molecule has 1 aromatic carbocycles. The number of piperazine rings is 1. The van der Waals surface area contributed by atoms with E-state index in [0.29, 0.717) is 44.1 Å². The maximum Gasteiger partial charge on any atom is 0.407 e. The minimum absolute atomic E-state index is 0.186. The van der Waals surface area contributed by atoms with E-state index in [9.17, 15) is 9.59 Å². The van der Waals surface area contributed by atoms with Gasteiger partial charge in [0.2, 0.25) is 0 Å². The number of nitrogens with two attached hydrogens (primary N) is 1. The smallest absolute Gasteiger partial charge is 0.407 e. The highest BCUT2D eigenvalue weighted by molar-refractivity contribution is 5.96. The van der Waals surface area contributed by atoms with Crippen molar-refractivity contribution in [2.24, 2.45) is 5.73 Å². The van der Waals surface area contributed by atoms with Gasteiger partial charge in [0.15, 0.2) is 0 Å². The number of hydrogen-bond acceptors (Lipinski definition) is 4. The fourth-order valence-electron chi connectivity index (χ4n) is 3.09. The monoisotopic (exact) mass is 305 g/mol. The van der Waals surface area contributed by atoms with Gasteiger partial charge < -0.3 is 20.5 Å². The van der Waals surface area contributed by atoms with Crippen molar-refractivity contribution >= 4 is 12.0 Å². The SMILES string of the molecule is NC(=O)c1cccc2c1OCC2CN1CCN(C(=O)O)CC1. The minimum atomic E-state index is -0.861.